The highest BCUT2D eigenvalue weighted by molar-refractivity contribution is 6.08. The first-order chi connectivity index (χ1) is 9.19. The summed E-state index contributed by atoms with van der Waals surface area (Å²) >= 11 is 0. The van der Waals surface area contributed by atoms with Gasteiger partial charge in [0.05, 0.1) is 5.69 Å². The van der Waals surface area contributed by atoms with Gasteiger partial charge in [-0.3, -0.25) is 9.48 Å². The Balaban J connectivity index is 2.40. The van der Waals surface area contributed by atoms with Gasteiger partial charge in [-0.25, -0.2) is 0 Å². The number of hydrogen-bond donors (Lipinski definition) is 0. The maximum Gasteiger partial charge on any atom is 0.211 e. The first kappa shape index (κ1) is 13.5. The van der Waals surface area contributed by atoms with Gasteiger partial charge < -0.3 is 0 Å². The predicted molar refractivity (Wildman–Crippen MR) is 76.5 cm³/mol. The monoisotopic (exact) mass is 256 g/mol. The standard InChI is InChI=1S/C16H20N2O/c1-4-12-8-7-9-13(10-12)16(19)15-11-14(5-2)17-18(15)6-3/h7-11H,4-6H2,1-3H3. The molecule has 2 rings (SSSR count). The Kier molecular flexibility index (Phi) is 4.15. The minimum Gasteiger partial charge on any atom is -0.287 e. The number of nitrogens with zero attached hydrogens (tertiary/aromatic N) is 2. The van der Waals surface area contributed by atoms with Crippen molar-refractivity contribution in [3.63, 3.8) is 0 Å². The first-order valence-corrected chi connectivity index (χ1v) is 6.89. The third-order valence-corrected chi connectivity index (χ3v) is 3.32. The molecule has 0 saturated carbocycles. The Labute approximate surface area is 114 Å². The summed E-state index contributed by atoms with van der Waals surface area (Å²) in [5.41, 5.74) is 3.59. The zero-order valence-electron chi connectivity index (χ0n) is 11.8. The summed E-state index contributed by atoms with van der Waals surface area (Å²) in [5.74, 6) is 0.0596. The van der Waals surface area contributed by atoms with Crippen LogP contribution in [0.25, 0.3) is 0 Å². The number of aromatic nitrogens is 2. The van der Waals surface area contributed by atoms with Gasteiger partial charge >= 0.3 is 0 Å². The number of carbonyl (C=O) groups excluding carboxylic acids is 1. The summed E-state index contributed by atoms with van der Waals surface area (Å²) in [6, 6.07) is 9.75. The highest BCUT2D eigenvalue weighted by Gasteiger charge is 2.16. The zero-order valence-corrected chi connectivity index (χ0v) is 11.8. The van der Waals surface area contributed by atoms with E-state index in [0.717, 1.165) is 24.1 Å². The van der Waals surface area contributed by atoms with Crippen LogP contribution in [-0.4, -0.2) is 15.6 Å². The minimum absolute atomic E-state index is 0.0596. The Morgan fingerprint density at radius 2 is 1.95 bits per heavy atom. The number of benzene rings is 1. The molecule has 19 heavy (non-hydrogen) atoms. The average molecular weight is 256 g/mol. The zero-order chi connectivity index (χ0) is 13.8. The van der Waals surface area contributed by atoms with E-state index in [0.29, 0.717) is 12.2 Å². The fourth-order valence-corrected chi connectivity index (χ4v) is 2.15. The van der Waals surface area contributed by atoms with Crippen molar-refractivity contribution in [2.75, 3.05) is 0 Å². The lowest BCUT2D eigenvalue weighted by Gasteiger charge is -2.05. The maximum atomic E-state index is 12.6. The van der Waals surface area contributed by atoms with E-state index in [1.165, 1.54) is 5.56 Å². The Hall–Kier alpha value is -1.90. The number of rotatable bonds is 5. The fourth-order valence-electron chi connectivity index (χ4n) is 2.15. The van der Waals surface area contributed by atoms with Crippen molar-refractivity contribution in [3.8, 4) is 0 Å². The van der Waals surface area contributed by atoms with E-state index in [4.69, 9.17) is 0 Å². The quantitative estimate of drug-likeness (QED) is 0.770. The van der Waals surface area contributed by atoms with E-state index in [-0.39, 0.29) is 5.78 Å². The normalized spacial score (nSPS) is 10.7. The molecule has 0 fully saturated rings. The summed E-state index contributed by atoms with van der Waals surface area (Å²) in [4.78, 5) is 12.6. The number of aryl methyl sites for hydroxylation is 3. The molecule has 2 aromatic rings. The molecule has 100 valence electrons. The summed E-state index contributed by atoms with van der Waals surface area (Å²) in [6.45, 7) is 6.86. The lowest BCUT2D eigenvalue weighted by atomic mass is 10.0. The summed E-state index contributed by atoms with van der Waals surface area (Å²) in [5, 5.41) is 4.43. The molecule has 0 bridgehead atoms. The van der Waals surface area contributed by atoms with Crippen LogP contribution in [0.15, 0.2) is 30.3 Å². The SMILES string of the molecule is CCc1cccc(C(=O)c2cc(CC)nn2CC)c1. The second-order valence-corrected chi connectivity index (χ2v) is 4.57. The van der Waals surface area contributed by atoms with Crippen molar-refractivity contribution < 1.29 is 4.79 Å². The maximum absolute atomic E-state index is 12.6. The summed E-state index contributed by atoms with van der Waals surface area (Å²) in [6.07, 6.45) is 1.79. The molecule has 0 radical (unpaired) electrons. The molecule has 0 atom stereocenters. The Bertz CT molecular complexity index is 584. The minimum atomic E-state index is 0.0596. The van der Waals surface area contributed by atoms with Gasteiger partial charge in [-0.15, -0.1) is 0 Å². The van der Waals surface area contributed by atoms with E-state index in [2.05, 4.69) is 12.0 Å². The van der Waals surface area contributed by atoms with Crippen LogP contribution < -0.4 is 0 Å². The van der Waals surface area contributed by atoms with Crippen molar-refractivity contribution in [2.45, 2.75) is 40.2 Å². The van der Waals surface area contributed by atoms with Gasteiger partial charge in [-0.05, 0) is 37.5 Å². The van der Waals surface area contributed by atoms with Crippen LogP contribution in [0.2, 0.25) is 0 Å². The molecule has 0 saturated heterocycles. The molecule has 0 aliphatic rings. The van der Waals surface area contributed by atoms with Crippen LogP contribution in [0.1, 0.15) is 48.1 Å². The van der Waals surface area contributed by atoms with Crippen molar-refractivity contribution in [1.82, 2.24) is 9.78 Å². The van der Waals surface area contributed by atoms with E-state index in [9.17, 15) is 4.79 Å². The molecule has 1 aromatic heterocycles. The van der Waals surface area contributed by atoms with Crippen LogP contribution in [-0.2, 0) is 19.4 Å². The van der Waals surface area contributed by atoms with E-state index in [1.54, 1.807) is 4.68 Å². The molecule has 0 aliphatic carbocycles. The van der Waals surface area contributed by atoms with Crippen LogP contribution in [0.5, 0.6) is 0 Å². The second-order valence-electron chi connectivity index (χ2n) is 4.57. The van der Waals surface area contributed by atoms with Crippen LogP contribution >= 0.6 is 0 Å². The lowest BCUT2D eigenvalue weighted by Crippen LogP contribution is -2.10. The third-order valence-electron chi connectivity index (χ3n) is 3.32. The van der Waals surface area contributed by atoms with Crippen molar-refractivity contribution in [2.24, 2.45) is 0 Å². The van der Waals surface area contributed by atoms with Crippen LogP contribution in [0.4, 0.5) is 0 Å². The van der Waals surface area contributed by atoms with Gasteiger partial charge in [0.15, 0.2) is 0 Å². The van der Waals surface area contributed by atoms with Crippen LogP contribution in [0, 0.1) is 0 Å². The van der Waals surface area contributed by atoms with Crippen molar-refractivity contribution in [3.05, 3.63) is 52.8 Å². The van der Waals surface area contributed by atoms with Gasteiger partial charge in [-0.1, -0.05) is 32.0 Å². The van der Waals surface area contributed by atoms with Crippen molar-refractivity contribution in [1.29, 1.82) is 0 Å². The number of ketones is 1. The number of hydrogen-bond acceptors (Lipinski definition) is 2. The van der Waals surface area contributed by atoms with Crippen molar-refractivity contribution >= 4 is 5.78 Å². The molecule has 3 heteroatoms. The molecule has 0 N–H and O–H groups in total. The van der Waals surface area contributed by atoms with E-state index < -0.39 is 0 Å². The molecule has 0 aliphatic heterocycles. The molecule has 1 aromatic carbocycles. The predicted octanol–water partition coefficient (Wildman–Crippen LogP) is 3.26. The topological polar surface area (TPSA) is 34.9 Å². The van der Waals surface area contributed by atoms with E-state index in [1.807, 2.05) is 44.2 Å². The average Bonchev–Trinajstić information content (AvgIpc) is 2.89. The molecule has 0 amide bonds. The number of carbonyl (C=O) groups is 1. The highest BCUT2D eigenvalue weighted by atomic mass is 16.1. The van der Waals surface area contributed by atoms with E-state index >= 15 is 0 Å². The first-order valence-electron chi connectivity index (χ1n) is 6.89. The summed E-state index contributed by atoms with van der Waals surface area (Å²) < 4.78 is 1.79. The lowest BCUT2D eigenvalue weighted by molar-refractivity contribution is 0.102. The molecule has 0 spiro atoms. The molecule has 0 unspecified atom stereocenters. The van der Waals surface area contributed by atoms with Gasteiger partial charge in [0.2, 0.25) is 5.78 Å². The molecular weight excluding hydrogens is 236 g/mol. The third kappa shape index (κ3) is 2.75. The van der Waals surface area contributed by atoms with Gasteiger partial charge in [0, 0.05) is 12.1 Å². The fraction of sp³-hybridized carbons (Fsp3) is 0.375. The Morgan fingerprint density at radius 1 is 1.16 bits per heavy atom. The largest absolute Gasteiger partial charge is 0.287 e. The second kappa shape index (κ2) is 5.83. The molecule has 1 heterocycles. The summed E-state index contributed by atoms with van der Waals surface area (Å²) in [7, 11) is 0. The van der Waals surface area contributed by atoms with Gasteiger partial charge in [0.1, 0.15) is 5.69 Å². The smallest absolute Gasteiger partial charge is 0.211 e. The molecular formula is C16H20N2O. The van der Waals surface area contributed by atoms with Gasteiger partial charge in [-0.2, -0.15) is 5.10 Å². The highest BCUT2D eigenvalue weighted by Crippen LogP contribution is 2.14. The molecule has 3 nitrogen and oxygen atoms in total. The van der Waals surface area contributed by atoms with Gasteiger partial charge in [0.25, 0.3) is 0 Å². The Morgan fingerprint density at radius 3 is 2.58 bits per heavy atom. The van der Waals surface area contributed by atoms with Crippen LogP contribution in [0.3, 0.4) is 0 Å².